The molecule has 4 heteroatoms. The molecule has 0 bridgehead atoms. The Hall–Kier alpha value is -1.16. The average Bonchev–Trinajstić information content (AvgIpc) is 2.35. The summed E-state index contributed by atoms with van der Waals surface area (Å²) in [7, 11) is 0. The van der Waals surface area contributed by atoms with Gasteiger partial charge in [-0.3, -0.25) is 0 Å². The first-order valence-electron chi connectivity index (χ1n) is 7.14. The fraction of sp³-hybridized carbons (Fsp3) is 0.625. The maximum absolute atomic E-state index is 13.6. The van der Waals surface area contributed by atoms with Crippen LogP contribution in [0.25, 0.3) is 0 Å². The first-order chi connectivity index (χ1) is 9.32. The highest BCUT2D eigenvalue weighted by molar-refractivity contribution is 5.48. The van der Waals surface area contributed by atoms with E-state index in [9.17, 15) is 8.78 Å². The number of hydrogen-bond donors (Lipinski definition) is 1. The third-order valence-electron chi connectivity index (χ3n) is 4.09. The summed E-state index contributed by atoms with van der Waals surface area (Å²) in [4.78, 5) is 0. The van der Waals surface area contributed by atoms with Crippen LogP contribution in [0.15, 0.2) is 18.2 Å². The number of hydrogen-bond acceptors (Lipinski definition) is 2. The summed E-state index contributed by atoms with van der Waals surface area (Å²) in [6, 6.07) is 3.93. The molecule has 20 heavy (non-hydrogen) atoms. The summed E-state index contributed by atoms with van der Waals surface area (Å²) in [5.41, 5.74) is -0.170. The standard InChI is InChI=1S/C16H23F2NO/c1-10(2)9-20-14-8-13(16(14,3)4)19-15-11(17)6-5-7-12(15)18/h5-7,10,13-14,19H,8-9H2,1-4H3. The van der Waals surface area contributed by atoms with E-state index in [0.717, 1.165) is 13.0 Å². The van der Waals surface area contributed by atoms with E-state index < -0.39 is 11.6 Å². The van der Waals surface area contributed by atoms with Gasteiger partial charge in [0.2, 0.25) is 0 Å². The van der Waals surface area contributed by atoms with Crippen LogP contribution in [-0.2, 0) is 4.74 Å². The lowest BCUT2D eigenvalue weighted by atomic mass is 9.64. The second-order valence-corrected chi connectivity index (χ2v) is 6.57. The SMILES string of the molecule is CC(C)COC1CC(Nc2c(F)cccc2F)C1(C)C. The number of nitrogens with one attached hydrogen (secondary N) is 1. The normalized spacial score (nSPS) is 24.6. The van der Waals surface area contributed by atoms with Gasteiger partial charge in [-0.15, -0.1) is 0 Å². The van der Waals surface area contributed by atoms with Crippen molar-refractivity contribution in [2.24, 2.45) is 11.3 Å². The molecule has 0 aromatic heterocycles. The fourth-order valence-corrected chi connectivity index (χ4v) is 2.53. The Balaban J connectivity index is 1.99. The van der Waals surface area contributed by atoms with Crippen molar-refractivity contribution in [3.8, 4) is 0 Å². The first-order valence-corrected chi connectivity index (χ1v) is 7.14. The van der Waals surface area contributed by atoms with Crippen molar-refractivity contribution < 1.29 is 13.5 Å². The molecule has 1 aromatic rings. The summed E-state index contributed by atoms with van der Waals surface area (Å²) >= 11 is 0. The van der Waals surface area contributed by atoms with E-state index in [4.69, 9.17) is 4.74 Å². The number of para-hydroxylation sites is 1. The minimum absolute atomic E-state index is 0.0195. The molecule has 1 fully saturated rings. The van der Waals surface area contributed by atoms with Gasteiger partial charge >= 0.3 is 0 Å². The zero-order valence-corrected chi connectivity index (χ0v) is 12.5. The zero-order valence-electron chi connectivity index (χ0n) is 12.5. The fourth-order valence-electron chi connectivity index (χ4n) is 2.53. The number of rotatable bonds is 5. The lowest BCUT2D eigenvalue weighted by molar-refractivity contribution is -0.109. The Morgan fingerprint density at radius 2 is 1.90 bits per heavy atom. The summed E-state index contributed by atoms with van der Waals surface area (Å²) in [5.74, 6) is -0.610. The molecule has 2 unspecified atom stereocenters. The molecule has 0 radical (unpaired) electrons. The van der Waals surface area contributed by atoms with Gasteiger partial charge in [-0.2, -0.15) is 0 Å². The van der Waals surface area contributed by atoms with E-state index in [-0.39, 0.29) is 23.2 Å². The van der Waals surface area contributed by atoms with Crippen molar-refractivity contribution >= 4 is 5.69 Å². The Labute approximate surface area is 119 Å². The Bertz CT molecular complexity index is 453. The van der Waals surface area contributed by atoms with E-state index in [1.54, 1.807) is 0 Å². The van der Waals surface area contributed by atoms with Gasteiger partial charge in [0.25, 0.3) is 0 Å². The summed E-state index contributed by atoms with van der Waals surface area (Å²) in [5, 5.41) is 2.99. The molecular formula is C16H23F2NO. The van der Waals surface area contributed by atoms with Gasteiger partial charge in [0, 0.05) is 18.1 Å². The zero-order chi connectivity index (χ0) is 14.9. The summed E-state index contributed by atoms with van der Waals surface area (Å²) < 4.78 is 33.1. The molecule has 1 saturated carbocycles. The lowest BCUT2D eigenvalue weighted by Crippen LogP contribution is -2.58. The molecular weight excluding hydrogens is 260 g/mol. The van der Waals surface area contributed by atoms with Gasteiger partial charge in [0.15, 0.2) is 0 Å². The predicted molar refractivity (Wildman–Crippen MR) is 76.7 cm³/mol. The highest BCUT2D eigenvalue weighted by atomic mass is 19.1. The molecule has 2 nitrogen and oxygen atoms in total. The molecule has 0 heterocycles. The van der Waals surface area contributed by atoms with Gasteiger partial charge in [0.05, 0.1) is 6.10 Å². The summed E-state index contributed by atoms with van der Waals surface area (Å²) in [6.07, 6.45) is 0.908. The smallest absolute Gasteiger partial charge is 0.149 e. The molecule has 2 atom stereocenters. The van der Waals surface area contributed by atoms with E-state index in [2.05, 4.69) is 33.0 Å². The molecule has 0 spiro atoms. The average molecular weight is 283 g/mol. The number of benzene rings is 1. The lowest BCUT2D eigenvalue weighted by Gasteiger charge is -2.52. The monoisotopic (exact) mass is 283 g/mol. The van der Waals surface area contributed by atoms with E-state index in [0.29, 0.717) is 5.92 Å². The minimum Gasteiger partial charge on any atom is -0.377 e. The molecule has 1 aliphatic carbocycles. The maximum atomic E-state index is 13.6. The number of halogens is 2. The predicted octanol–water partition coefficient (Wildman–Crippen LogP) is 4.22. The maximum Gasteiger partial charge on any atom is 0.149 e. The van der Waals surface area contributed by atoms with Crippen LogP contribution < -0.4 is 5.32 Å². The van der Waals surface area contributed by atoms with Crippen LogP contribution in [0.4, 0.5) is 14.5 Å². The van der Waals surface area contributed by atoms with Crippen molar-refractivity contribution in [1.82, 2.24) is 0 Å². The third kappa shape index (κ3) is 2.95. The Morgan fingerprint density at radius 3 is 2.40 bits per heavy atom. The van der Waals surface area contributed by atoms with Crippen LogP contribution in [0.3, 0.4) is 0 Å². The van der Waals surface area contributed by atoms with Crippen LogP contribution in [0.1, 0.15) is 34.1 Å². The molecule has 2 rings (SSSR count). The van der Waals surface area contributed by atoms with Crippen LogP contribution in [-0.4, -0.2) is 18.8 Å². The molecule has 1 N–H and O–H groups in total. The molecule has 1 aliphatic rings. The van der Waals surface area contributed by atoms with Gasteiger partial charge in [0.1, 0.15) is 17.3 Å². The molecule has 0 amide bonds. The van der Waals surface area contributed by atoms with Crippen LogP contribution >= 0.6 is 0 Å². The molecule has 112 valence electrons. The second-order valence-electron chi connectivity index (χ2n) is 6.57. The van der Waals surface area contributed by atoms with Crippen LogP contribution in [0.5, 0.6) is 0 Å². The van der Waals surface area contributed by atoms with Crippen molar-refractivity contribution in [2.75, 3.05) is 11.9 Å². The van der Waals surface area contributed by atoms with Gasteiger partial charge in [-0.25, -0.2) is 8.78 Å². The number of ether oxygens (including phenoxy) is 1. The molecule has 0 aliphatic heterocycles. The van der Waals surface area contributed by atoms with Crippen molar-refractivity contribution in [3.05, 3.63) is 29.8 Å². The van der Waals surface area contributed by atoms with E-state index in [1.165, 1.54) is 18.2 Å². The van der Waals surface area contributed by atoms with Gasteiger partial charge < -0.3 is 10.1 Å². The molecule has 0 saturated heterocycles. The Morgan fingerprint density at radius 1 is 1.30 bits per heavy atom. The van der Waals surface area contributed by atoms with Crippen molar-refractivity contribution in [2.45, 2.75) is 46.3 Å². The largest absolute Gasteiger partial charge is 0.377 e. The van der Waals surface area contributed by atoms with Crippen LogP contribution in [0.2, 0.25) is 0 Å². The minimum atomic E-state index is -0.549. The third-order valence-corrected chi connectivity index (χ3v) is 4.09. The Kier molecular flexibility index (Phi) is 4.33. The number of anilines is 1. The highest BCUT2D eigenvalue weighted by Crippen LogP contribution is 2.45. The first kappa shape index (κ1) is 15.2. The topological polar surface area (TPSA) is 21.3 Å². The van der Waals surface area contributed by atoms with Crippen LogP contribution in [0, 0.1) is 23.0 Å². The highest BCUT2D eigenvalue weighted by Gasteiger charge is 2.49. The van der Waals surface area contributed by atoms with Crippen molar-refractivity contribution in [1.29, 1.82) is 0 Å². The van der Waals surface area contributed by atoms with E-state index in [1.807, 2.05) is 0 Å². The summed E-state index contributed by atoms with van der Waals surface area (Å²) in [6.45, 7) is 9.07. The van der Waals surface area contributed by atoms with Gasteiger partial charge in [-0.1, -0.05) is 33.8 Å². The molecule has 1 aromatic carbocycles. The van der Waals surface area contributed by atoms with E-state index >= 15 is 0 Å². The van der Waals surface area contributed by atoms with Crippen molar-refractivity contribution in [3.63, 3.8) is 0 Å². The quantitative estimate of drug-likeness (QED) is 0.873. The van der Waals surface area contributed by atoms with Gasteiger partial charge in [-0.05, 0) is 24.5 Å². The second kappa shape index (κ2) is 5.68.